The summed E-state index contributed by atoms with van der Waals surface area (Å²) in [6.07, 6.45) is 6.98. The maximum absolute atomic E-state index is 12.3. The lowest BCUT2D eigenvalue weighted by Crippen LogP contribution is -2.40. The van der Waals surface area contributed by atoms with Gasteiger partial charge in [-0.2, -0.15) is 9.90 Å². The molecule has 0 amide bonds. The highest BCUT2D eigenvalue weighted by Gasteiger charge is 2.38. The predicted molar refractivity (Wildman–Crippen MR) is 74.6 cm³/mol. The number of aliphatic hydroxyl groups is 2. The molecule has 1 aliphatic rings. The molecule has 1 aliphatic carbocycles. The molecule has 21 heavy (non-hydrogen) atoms. The third-order valence-electron chi connectivity index (χ3n) is 3.23. The predicted octanol–water partition coefficient (Wildman–Crippen LogP) is 0.873. The van der Waals surface area contributed by atoms with Crippen LogP contribution in [0.1, 0.15) is 10.5 Å². The zero-order valence-corrected chi connectivity index (χ0v) is 11.0. The summed E-state index contributed by atoms with van der Waals surface area (Å²) in [5.74, 6) is -3.80. The van der Waals surface area contributed by atoms with E-state index in [0.29, 0.717) is 0 Å². The quantitative estimate of drug-likeness (QED) is 0.644. The minimum absolute atomic E-state index is 0.0799. The van der Waals surface area contributed by atoms with E-state index in [-0.39, 0.29) is 5.69 Å². The van der Waals surface area contributed by atoms with Crippen LogP contribution >= 0.6 is 0 Å². The second-order valence-corrected chi connectivity index (χ2v) is 4.72. The van der Waals surface area contributed by atoms with Crippen molar-refractivity contribution in [3.63, 3.8) is 0 Å². The number of para-hydroxylation sites is 1. The fourth-order valence-electron chi connectivity index (χ4n) is 2.12. The molecule has 1 heterocycles. The lowest BCUT2D eigenvalue weighted by molar-refractivity contribution is -0.137. The fraction of sp³-hybridized carbons (Fsp3) is 0.133. The van der Waals surface area contributed by atoms with Crippen molar-refractivity contribution in [2.45, 2.75) is 5.79 Å². The van der Waals surface area contributed by atoms with E-state index in [2.05, 4.69) is 10.2 Å². The Balaban J connectivity index is 1.88. The Labute approximate surface area is 120 Å². The SMILES string of the molecule is O=C(c1cnn(-c2ccccc2)n1)C1C=CC=CC1(O)O. The number of Topliss-reactive ketones (excluding diaryl/α,β-unsaturated/α-hetero) is 1. The average Bonchev–Trinajstić information content (AvgIpc) is 2.97. The lowest BCUT2D eigenvalue weighted by Gasteiger charge is -2.26. The minimum atomic E-state index is -2.21. The number of allylic oxidation sites excluding steroid dienone is 2. The molecule has 0 saturated carbocycles. The van der Waals surface area contributed by atoms with Crippen LogP contribution in [0.3, 0.4) is 0 Å². The van der Waals surface area contributed by atoms with Crippen molar-refractivity contribution in [2.24, 2.45) is 5.92 Å². The molecule has 106 valence electrons. The molecular formula is C15H13N3O3. The first-order valence-electron chi connectivity index (χ1n) is 6.41. The third-order valence-corrected chi connectivity index (χ3v) is 3.23. The summed E-state index contributed by atoms with van der Waals surface area (Å²) in [6, 6.07) is 9.15. The van der Waals surface area contributed by atoms with Gasteiger partial charge in [-0.3, -0.25) is 4.79 Å². The van der Waals surface area contributed by atoms with Gasteiger partial charge in [0, 0.05) is 0 Å². The molecule has 1 aromatic carbocycles. The van der Waals surface area contributed by atoms with Gasteiger partial charge in [0.2, 0.25) is 0 Å². The van der Waals surface area contributed by atoms with Crippen molar-refractivity contribution in [3.8, 4) is 5.69 Å². The van der Waals surface area contributed by atoms with Gasteiger partial charge in [0.1, 0.15) is 11.6 Å². The van der Waals surface area contributed by atoms with E-state index in [4.69, 9.17) is 0 Å². The van der Waals surface area contributed by atoms with Gasteiger partial charge in [-0.1, -0.05) is 36.4 Å². The molecule has 0 aliphatic heterocycles. The number of carbonyl (C=O) groups excluding carboxylic acids is 1. The number of rotatable bonds is 3. The molecule has 0 radical (unpaired) electrons. The molecule has 1 aromatic heterocycles. The maximum Gasteiger partial charge on any atom is 0.197 e. The Bertz CT molecular complexity index is 717. The van der Waals surface area contributed by atoms with E-state index in [0.717, 1.165) is 11.8 Å². The summed E-state index contributed by atoms with van der Waals surface area (Å²) in [6.45, 7) is 0. The molecule has 0 bridgehead atoms. The molecule has 1 atom stereocenters. The van der Waals surface area contributed by atoms with Crippen LogP contribution in [0.4, 0.5) is 0 Å². The van der Waals surface area contributed by atoms with Crippen LogP contribution < -0.4 is 0 Å². The minimum Gasteiger partial charge on any atom is -0.362 e. The normalized spacial score (nSPS) is 19.6. The summed E-state index contributed by atoms with van der Waals surface area (Å²) in [4.78, 5) is 13.7. The van der Waals surface area contributed by atoms with Gasteiger partial charge < -0.3 is 10.2 Å². The molecule has 2 N–H and O–H groups in total. The zero-order valence-electron chi connectivity index (χ0n) is 11.0. The number of aromatic nitrogens is 3. The zero-order chi connectivity index (χ0) is 14.9. The van der Waals surface area contributed by atoms with E-state index in [1.807, 2.05) is 18.2 Å². The number of carbonyl (C=O) groups is 1. The summed E-state index contributed by atoms with van der Waals surface area (Å²) in [5.41, 5.74) is 0.797. The first-order chi connectivity index (χ1) is 10.1. The van der Waals surface area contributed by atoms with Gasteiger partial charge in [0.05, 0.1) is 11.9 Å². The second kappa shape index (κ2) is 5.08. The third kappa shape index (κ3) is 2.54. The molecule has 2 aromatic rings. The van der Waals surface area contributed by atoms with Gasteiger partial charge in [-0.15, -0.1) is 5.10 Å². The second-order valence-electron chi connectivity index (χ2n) is 4.72. The van der Waals surface area contributed by atoms with Crippen LogP contribution in [0.5, 0.6) is 0 Å². The van der Waals surface area contributed by atoms with Crippen molar-refractivity contribution in [1.29, 1.82) is 0 Å². The first kappa shape index (κ1) is 13.4. The number of hydrogen-bond acceptors (Lipinski definition) is 5. The molecule has 0 fully saturated rings. The molecule has 0 saturated heterocycles. The van der Waals surface area contributed by atoms with Crippen LogP contribution in [0.2, 0.25) is 0 Å². The molecule has 0 spiro atoms. The van der Waals surface area contributed by atoms with E-state index in [1.54, 1.807) is 18.2 Å². The Hall–Kier alpha value is -2.57. The molecule has 3 rings (SSSR count). The Morgan fingerprint density at radius 3 is 2.67 bits per heavy atom. The molecule has 6 heteroatoms. The van der Waals surface area contributed by atoms with Gasteiger partial charge >= 0.3 is 0 Å². The Morgan fingerprint density at radius 1 is 1.19 bits per heavy atom. The van der Waals surface area contributed by atoms with Gasteiger partial charge in [-0.25, -0.2) is 0 Å². The lowest BCUT2D eigenvalue weighted by atomic mass is 9.89. The monoisotopic (exact) mass is 283 g/mol. The first-order valence-corrected chi connectivity index (χ1v) is 6.41. The van der Waals surface area contributed by atoms with Gasteiger partial charge in [-0.05, 0) is 18.2 Å². The largest absolute Gasteiger partial charge is 0.362 e. The van der Waals surface area contributed by atoms with E-state index in [9.17, 15) is 15.0 Å². The van der Waals surface area contributed by atoms with E-state index in [1.165, 1.54) is 23.1 Å². The van der Waals surface area contributed by atoms with E-state index < -0.39 is 17.5 Å². The van der Waals surface area contributed by atoms with Gasteiger partial charge in [0.15, 0.2) is 11.6 Å². The standard InChI is InChI=1S/C15H13N3O3/c19-14(12-8-4-5-9-15(12,20)21)13-10-16-18(17-13)11-6-2-1-3-7-11/h1-10,12,20-21H. The van der Waals surface area contributed by atoms with Crippen LogP contribution in [-0.2, 0) is 0 Å². The summed E-state index contributed by atoms with van der Waals surface area (Å²) in [5, 5.41) is 27.8. The maximum atomic E-state index is 12.3. The summed E-state index contributed by atoms with van der Waals surface area (Å²) in [7, 11) is 0. The average molecular weight is 283 g/mol. The number of ketones is 1. The highest BCUT2D eigenvalue weighted by Crippen LogP contribution is 2.25. The Kier molecular flexibility index (Phi) is 3.25. The highest BCUT2D eigenvalue weighted by atomic mass is 16.5. The number of hydrogen-bond donors (Lipinski definition) is 2. The number of benzene rings is 1. The highest BCUT2D eigenvalue weighted by molar-refractivity contribution is 5.98. The van der Waals surface area contributed by atoms with Crippen molar-refractivity contribution >= 4 is 5.78 Å². The van der Waals surface area contributed by atoms with Crippen LogP contribution in [0.15, 0.2) is 60.8 Å². The fourth-order valence-corrected chi connectivity index (χ4v) is 2.12. The van der Waals surface area contributed by atoms with E-state index >= 15 is 0 Å². The van der Waals surface area contributed by atoms with Crippen LogP contribution in [0, 0.1) is 5.92 Å². The van der Waals surface area contributed by atoms with Crippen molar-refractivity contribution in [1.82, 2.24) is 15.0 Å². The van der Waals surface area contributed by atoms with Crippen LogP contribution in [0.25, 0.3) is 5.69 Å². The summed E-state index contributed by atoms with van der Waals surface area (Å²) >= 11 is 0. The smallest absolute Gasteiger partial charge is 0.197 e. The summed E-state index contributed by atoms with van der Waals surface area (Å²) < 4.78 is 0. The van der Waals surface area contributed by atoms with Crippen molar-refractivity contribution < 1.29 is 15.0 Å². The Morgan fingerprint density at radius 2 is 1.95 bits per heavy atom. The van der Waals surface area contributed by atoms with Crippen LogP contribution in [-0.4, -0.2) is 36.8 Å². The topological polar surface area (TPSA) is 88.2 Å². The van der Waals surface area contributed by atoms with Crippen molar-refractivity contribution in [2.75, 3.05) is 0 Å². The number of nitrogens with zero attached hydrogens (tertiary/aromatic N) is 3. The molecule has 6 nitrogen and oxygen atoms in total. The van der Waals surface area contributed by atoms with Gasteiger partial charge in [0.25, 0.3) is 0 Å². The van der Waals surface area contributed by atoms with Crippen molar-refractivity contribution in [3.05, 3.63) is 66.5 Å². The molecule has 1 unspecified atom stereocenters. The molecular weight excluding hydrogens is 270 g/mol.